The molecule has 2 aromatic rings. The molecule has 2 rings (SSSR count). The van der Waals surface area contributed by atoms with E-state index in [1.165, 1.54) is 5.69 Å². The first-order chi connectivity index (χ1) is 12.9. The van der Waals surface area contributed by atoms with Gasteiger partial charge in [0.25, 0.3) is 5.91 Å². The first-order valence-corrected chi connectivity index (χ1v) is 9.36. The predicted molar refractivity (Wildman–Crippen MR) is 112 cm³/mol. The normalized spacial score (nSPS) is 11.4. The summed E-state index contributed by atoms with van der Waals surface area (Å²) in [6.45, 7) is 9.55. The van der Waals surface area contributed by atoms with Crippen molar-refractivity contribution in [3.8, 4) is 5.75 Å². The Labute approximate surface area is 166 Å². The van der Waals surface area contributed by atoms with E-state index < -0.39 is 5.60 Å². The average Bonchev–Trinajstić information content (AvgIpc) is 2.65. The summed E-state index contributed by atoms with van der Waals surface area (Å²) in [5.74, 6) is 0.226. The number of hydrogen-bond donors (Lipinski definition) is 1. The molecule has 0 aromatic heterocycles. The van der Waals surface area contributed by atoms with E-state index >= 15 is 0 Å². The van der Waals surface area contributed by atoms with Gasteiger partial charge in [-0.3, -0.25) is 4.79 Å². The van der Waals surface area contributed by atoms with Crippen LogP contribution in [-0.4, -0.2) is 30.8 Å². The van der Waals surface area contributed by atoms with Gasteiger partial charge in [0.05, 0.1) is 6.21 Å². The van der Waals surface area contributed by atoms with Crippen LogP contribution in [0.15, 0.2) is 53.6 Å². The van der Waals surface area contributed by atoms with E-state index in [1.807, 2.05) is 24.3 Å². The number of benzene rings is 2. The Morgan fingerprint density at radius 1 is 1.11 bits per heavy atom. The van der Waals surface area contributed by atoms with Crippen LogP contribution in [0.4, 0.5) is 5.69 Å². The summed E-state index contributed by atoms with van der Waals surface area (Å²) < 4.78 is 5.74. The highest BCUT2D eigenvalue weighted by molar-refractivity contribution is 6.30. The minimum atomic E-state index is -1.07. The number of nitrogens with one attached hydrogen (secondary N) is 1. The van der Waals surface area contributed by atoms with Crippen molar-refractivity contribution in [1.82, 2.24) is 5.43 Å². The van der Waals surface area contributed by atoms with Crippen LogP contribution >= 0.6 is 11.6 Å². The van der Waals surface area contributed by atoms with Gasteiger partial charge in [-0.1, -0.05) is 23.7 Å². The van der Waals surface area contributed by atoms with Crippen molar-refractivity contribution in [2.75, 3.05) is 18.0 Å². The molecule has 0 saturated heterocycles. The predicted octanol–water partition coefficient (Wildman–Crippen LogP) is 4.49. The van der Waals surface area contributed by atoms with Gasteiger partial charge in [0.1, 0.15) is 5.75 Å². The second-order valence-electron chi connectivity index (χ2n) is 6.53. The third kappa shape index (κ3) is 6.00. The number of ether oxygens (including phenoxy) is 1. The third-order valence-electron chi connectivity index (χ3n) is 4.13. The quantitative estimate of drug-likeness (QED) is 0.536. The summed E-state index contributed by atoms with van der Waals surface area (Å²) >= 11 is 5.86. The van der Waals surface area contributed by atoms with Crippen LogP contribution < -0.4 is 15.1 Å². The number of amides is 1. The Morgan fingerprint density at radius 3 is 2.26 bits per heavy atom. The molecular weight excluding hydrogens is 362 g/mol. The molecule has 0 radical (unpaired) electrons. The van der Waals surface area contributed by atoms with Crippen molar-refractivity contribution in [3.63, 3.8) is 0 Å². The molecule has 2 aromatic carbocycles. The Kier molecular flexibility index (Phi) is 7.25. The molecule has 0 aliphatic rings. The van der Waals surface area contributed by atoms with Gasteiger partial charge in [-0.2, -0.15) is 5.10 Å². The molecular formula is C21H26ClN3O2. The van der Waals surface area contributed by atoms with Crippen LogP contribution in [0.25, 0.3) is 0 Å². The maximum absolute atomic E-state index is 12.4. The Bertz CT molecular complexity index is 767. The minimum absolute atomic E-state index is 0.339. The average molecular weight is 388 g/mol. The Morgan fingerprint density at radius 2 is 1.70 bits per heavy atom. The molecule has 0 aliphatic heterocycles. The van der Waals surface area contributed by atoms with Crippen LogP contribution in [0.1, 0.15) is 33.3 Å². The monoisotopic (exact) mass is 387 g/mol. The fraction of sp³-hybridized carbons (Fsp3) is 0.333. The first kappa shape index (κ1) is 20.8. The lowest BCUT2D eigenvalue weighted by Gasteiger charge is -2.24. The van der Waals surface area contributed by atoms with Gasteiger partial charge in [-0.15, -0.1) is 0 Å². The molecule has 5 nitrogen and oxygen atoms in total. The smallest absolute Gasteiger partial charge is 0.283 e. The number of nitrogens with zero attached hydrogens (tertiary/aromatic N) is 2. The molecule has 0 unspecified atom stereocenters. The van der Waals surface area contributed by atoms with E-state index in [4.69, 9.17) is 16.3 Å². The molecule has 6 heteroatoms. The number of anilines is 1. The Hall–Kier alpha value is -2.53. The highest BCUT2D eigenvalue weighted by Crippen LogP contribution is 2.21. The van der Waals surface area contributed by atoms with E-state index in [0.717, 1.165) is 18.7 Å². The number of carbonyl (C=O) groups is 1. The zero-order chi connectivity index (χ0) is 19.9. The fourth-order valence-electron chi connectivity index (χ4n) is 2.50. The zero-order valence-electron chi connectivity index (χ0n) is 16.2. The van der Waals surface area contributed by atoms with Gasteiger partial charge in [0.2, 0.25) is 0 Å². The van der Waals surface area contributed by atoms with Gasteiger partial charge in [0.15, 0.2) is 5.60 Å². The van der Waals surface area contributed by atoms with Gasteiger partial charge >= 0.3 is 0 Å². The fourth-order valence-corrected chi connectivity index (χ4v) is 2.63. The summed E-state index contributed by atoms with van der Waals surface area (Å²) in [4.78, 5) is 14.6. The van der Waals surface area contributed by atoms with E-state index in [2.05, 4.69) is 29.3 Å². The largest absolute Gasteiger partial charge is 0.478 e. The molecule has 0 bridgehead atoms. The van der Waals surface area contributed by atoms with Gasteiger partial charge < -0.3 is 9.64 Å². The molecule has 0 atom stereocenters. The van der Waals surface area contributed by atoms with Crippen molar-refractivity contribution < 1.29 is 9.53 Å². The van der Waals surface area contributed by atoms with Crippen molar-refractivity contribution >= 4 is 29.4 Å². The molecule has 0 fully saturated rings. The van der Waals surface area contributed by atoms with Gasteiger partial charge in [-0.05, 0) is 69.7 Å². The van der Waals surface area contributed by atoms with Crippen molar-refractivity contribution in [1.29, 1.82) is 0 Å². The highest BCUT2D eigenvalue weighted by Gasteiger charge is 2.29. The van der Waals surface area contributed by atoms with Gasteiger partial charge in [0, 0.05) is 23.8 Å². The number of halogens is 1. The lowest BCUT2D eigenvalue weighted by atomic mass is 10.1. The van der Waals surface area contributed by atoms with Crippen molar-refractivity contribution in [2.45, 2.75) is 33.3 Å². The van der Waals surface area contributed by atoms with E-state index in [-0.39, 0.29) is 5.91 Å². The number of hydrazone groups is 1. The summed E-state index contributed by atoms with van der Waals surface area (Å²) in [6.07, 6.45) is 1.61. The number of rotatable bonds is 8. The first-order valence-electron chi connectivity index (χ1n) is 8.98. The van der Waals surface area contributed by atoms with Crippen LogP contribution in [-0.2, 0) is 4.79 Å². The number of hydrogen-bond acceptors (Lipinski definition) is 4. The SMILES string of the molecule is CCN(CC)c1ccc(/C=N/NC(=O)C(C)(C)Oc2ccc(Cl)cc2)cc1. The molecule has 0 spiro atoms. The van der Waals surface area contributed by atoms with E-state index in [1.54, 1.807) is 44.3 Å². The topological polar surface area (TPSA) is 53.9 Å². The molecule has 1 N–H and O–H groups in total. The van der Waals surface area contributed by atoms with Crippen LogP contribution in [0.3, 0.4) is 0 Å². The molecule has 1 amide bonds. The van der Waals surface area contributed by atoms with Crippen molar-refractivity contribution in [3.05, 3.63) is 59.1 Å². The lowest BCUT2D eigenvalue weighted by Crippen LogP contribution is -2.44. The standard InChI is InChI=1S/C21H26ClN3O2/c1-5-25(6-2)18-11-7-16(8-12-18)15-23-24-20(26)21(3,4)27-19-13-9-17(22)10-14-19/h7-15H,5-6H2,1-4H3,(H,24,26)/b23-15+. The minimum Gasteiger partial charge on any atom is -0.478 e. The van der Waals surface area contributed by atoms with Crippen LogP contribution in [0, 0.1) is 0 Å². The summed E-state index contributed by atoms with van der Waals surface area (Å²) in [7, 11) is 0. The summed E-state index contributed by atoms with van der Waals surface area (Å²) in [5, 5.41) is 4.65. The molecule has 0 aliphatic carbocycles. The highest BCUT2D eigenvalue weighted by atomic mass is 35.5. The van der Waals surface area contributed by atoms with Crippen LogP contribution in [0.5, 0.6) is 5.75 Å². The van der Waals surface area contributed by atoms with Crippen LogP contribution in [0.2, 0.25) is 5.02 Å². The van der Waals surface area contributed by atoms with Crippen molar-refractivity contribution in [2.24, 2.45) is 5.10 Å². The summed E-state index contributed by atoms with van der Waals surface area (Å²) in [5.41, 5.74) is 3.53. The molecule has 0 saturated carbocycles. The zero-order valence-corrected chi connectivity index (χ0v) is 17.0. The maximum Gasteiger partial charge on any atom is 0.283 e. The number of carbonyl (C=O) groups excluding carboxylic acids is 1. The van der Waals surface area contributed by atoms with E-state index in [0.29, 0.717) is 10.8 Å². The Balaban J connectivity index is 1.94. The van der Waals surface area contributed by atoms with E-state index in [9.17, 15) is 4.79 Å². The molecule has 27 heavy (non-hydrogen) atoms. The lowest BCUT2D eigenvalue weighted by molar-refractivity contribution is -0.134. The molecule has 0 heterocycles. The molecule has 144 valence electrons. The second kappa shape index (κ2) is 9.42. The second-order valence-corrected chi connectivity index (χ2v) is 6.97. The van der Waals surface area contributed by atoms with Gasteiger partial charge in [-0.25, -0.2) is 5.43 Å². The maximum atomic E-state index is 12.4. The summed E-state index contributed by atoms with van der Waals surface area (Å²) in [6, 6.07) is 14.9. The third-order valence-corrected chi connectivity index (χ3v) is 4.39.